The highest BCUT2D eigenvalue weighted by atomic mass is 19.1. The zero-order valence-corrected chi connectivity index (χ0v) is 10.3. The number of rotatable bonds is 4. The second-order valence-electron chi connectivity index (χ2n) is 4.63. The Labute approximate surface area is 96.6 Å². The first-order valence-electron chi connectivity index (χ1n) is 5.63. The standard InChI is InChI=1S/C13H20FNO/c1-8(2)13(15)10-5-6-12(11(14)7-10)16-9(3)4/h5-9,13H,15H2,1-4H3. The van der Waals surface area contributed by atoms with Crippen LogP contribution in [0.15, 0.2) is 18.2 Å². The van der Waals surface area contributed by atoms with Crippen LogP contribution in [0.3, 0.4) is 0 Å². The summed E-state index contributed by atoms with van der Waals surface area (Å²) in [5.41, 5.74) is 6.76. The van der Waals surface area contributed by atoms with E-state index in [2.05, 4.69) is 0 Å². The van der Waals surface area contributed by atoms with Crippen molar-refractivity contribution in [2.45, 2.75) is 39.8 Å². The van der Waals surface area contributed by atoms with E-state index in [1.54, 1.807) is 6.07 Å². The highest BCUT2D eigenvalue weighted by Crippen LogP contribution is 2.25. The van der Waals surface area contributed by atoms with E-state index in [1.807, 2.05) is 33.8 Å². The fourth-order valence-electron chi connectivity index (χ4n) is 1.46. The molecule has 0 radical (unpaired) electrons. The molecule has 1 aromatic rings. The van der Waals surface area contributed by atoms with Crippen LogP contribution in [0, 0.1) is 11.7 Å². The molecule has 0 amide bonds. The van der Waals surface area contributed by atoms with Gasteiger partial charge >= 0.3 is 0 Å². The van der Waals surface area contributed by atoms with E-state index in [-0.39, 0.29) is 29.6 Å². The molecular weight excluding hydrogens is 205 g/mol. The minimum absolute atomic E-state index is 0.0286. The summed E-state index contributed by atoms with van der Waals surface area (Å²) in [7, 11) is 0. The zero-order chi connectivity index (χ0) is 12.3. The number of hydrogen-bond acceptors (Lipinski definition) is 2. The lowest BCUT2D eigenvalue weighted by molar-refractivity contribution is 0.231. The molecule has 2 nitrogen and oxygen atoms in total. The van der Waals surface area contributed by atoms with Gasteiger partial charge in [0.25, 0.3) is 0 Å². The van der Waals surface area contributed by atoms with Gasteiger partial charge in [0, 0.05) is 6.04 Å². The molecule has 16 heavy (non-hydrogen) atoms. The molecule has 0 spiro atoms. The lowest BCUT2D eigenvalue weighted by atomic mass is 9.97. The average Bonchev–Trinajstić information content (AvgIpc) is 2.19. The predicted molar refractivity (Wildman–Crippen MR) is 63.9 cm³/mol. The quantitative estimate of drug-likeness (QED) is 0.853. The molecule has 2 N–H and O–H groups in total. The van der Waals surface area contributed by atoms with Crippen molar-refractivity contribution in [2.24, 2.45) is 11.7 Å². The van der Waals surface area contributed by atoms with Crippen molar-refractivity contribution in [1.82, 2.24) is 0 Å². The van der Waals surface area contributed by atoms with E-state index in [1.165, 1.54) is 6.07 Å². The SMILES string of the molecule is CC(C)Oc1ccc(C(N)C(C)C)cc1F. The largest absolute Gasteiger partial charge is 0.488 e. The highest BCUT2D eigenvalue weighted by Gasteiger charge is 2.13. The molecule has 0 aromatic heterocycles. The summed E-state index contributed by atoms with van der Waals surface area (Å²) in [6.07, 6.45) is -0.0286. The van der Waals surface area contributed by atoms with Crippen molar-refractivity contribution >= 4 is 0 Å². The minimum Gasteiger partial charge on any atom is -0.488 e. The van der Waals surface area contributed by atoms with Crippen LogP contribution in [0.25, 0.3) is 0 Å². The molecule has 0 fully saturated rings. The van der Waals surface area contributed by atoms with Gasteiger partial charge in [-0.15, -0.1) is 0 Å². The van der Waals surface area contributed by atoms with Crippen LogP contribution in [0.2, 0.25) is 0 Å². The first-order chi connectivity index (χ1) is 7.41. The van der Waals surface area contributed by atoms with Crippen molar-refractivity contribution in [3.63, 3.8) is 0 Å². The van der Waals surface area contributed by atoms with Crippen LogP contribution >= 0.6 is 0 Å². The Balaban J connectivity index is 2.90. The summed E-state index contributed by atoms with van der Waals surface area (Å²) in [4.78, 5) is 0. The molecule has 1 unspecified atom stereocenters. The molecule has 0 bridgehead atoms. The third-order valence-electron chi connectivity index (χ3n) is 2.42. The molecule has 90 valence electrons. The molecule has 0 aliphatic rings. The second kappa shape index (κ2) is 5.30. The molecular formula is C13H20FNO. The Bertz CT molecular complexity index is 350. The van der Waals surface area contributed by atoms with Crippen molar-refractivity contribution < 1.29 is 9.13 Å². The molecule has 0 saturated heterocycles. The van der Waals surface area contributed by atoms with Gasteiger partial charge in [-0.05, 0) is 37.5 Å². The van der Waals surface area contributed by atoms with Gasteiger partial charge in [-0.25, -0.2) is 4.39 Å². The summed E-state index contributed by atoms with van der Waals surface area (Å²) in [6.45, 7) is 7.77. The summed E-state index contributed by atoms with van der Waals surface area (Å²) in [5.74, 6) is 0.230. The summed E-state index contributed by atoms with van der Waals surface area (Å²) >= 11 is 0. The van der Waals surface area contributed by atoms with Crippen LogP contribution in [0.4, 0.5) is 4.39 Å². The van der Waals surface area contributed by atoms with Crippen LogP contribution in [0.5, 0.6) is 5.75 Å². The summed E-state index contributed by atoms with van der Waals surface area (Å²) in [6, 6.07) is 4.79. The van der Waals surface area contributed by atoms with Gasteiger partial charge in [-0.1, -0.05) is 19.9 Å². The Hall–Kier alpha value is -1.09. The van der Waals surface area contributed by atoms with Crippen molar-refractivity contribution in [3.05, 3.63) is 29.6 Å². The van der Waals surface area contributed by atoms with Crippen molar-refractivity contribution in [1.29, 1.82) is 0 Å². The first-order valence-corrected chi connectivity index (χ1v) is 5.63. The Morgan fingerprint density at radius 1 is 1.19 bits per heavy atom. The number of benzene rings is 1. The van der Waals surface area contributed by atoms with Gasteiger partial charge in [0.1, 0.15) is 0 Å². The van der Waals surface area contributed by atoms with Crippen molar-refractivity contribution in [3.8, 4) is 5.75 Å². The molecule has 0 heterocycles. The van der Waals surface area contributed by atoms with E-state index >= 15 is 0 Å². The average molecular weight is 225 g/mol. The van der Waals surface area contributed by atoms with Gasteiger partial charge in [0.15, 0.2) is 11.6 Å². The molecule has 1 rings (SSSR count). The number of halogens is 1. The molecule has 3 heteroatoms. The molecule has 0 saturated carbocycles. The fraction of sp³-hybridized carbons (Fsp3) is 0.538. The lowest BCUT2D eigenvalue weighted by Crippen LogP contribution is -2.17. The van der Waals surface area contributed by atoms with Gasteiger partial charge in [0.05, 0.1) is 6.10 Å². The van der Waals surface area contributed by atoms with Crippen LogP contribution < -0.4 is 10.5 Å². The fourth-order valence-corrected chi connectivity index (χ4v) is 1.46. The normalized spacial score (nSPS) is 13.2. The number of ether oxygens (including phenoxy) is 1. The minimum atomic E-state index is -0.345. The second-order valence-corrected chi connectivity index (χ2v) is 4.63. The van der Waals surface area contributed by atoms with E-state index in [0.717, 1.165) is 5.56 Å². The first kappa shape index (κ1) is 13.0. The van der Waals surface area contributed by atoms with E-state index in [4.69, 9.17) is 10.5 Å². The Morgan fingerprint density at radius 3 is 2.25 bits per heavy atom. The third-order valence-corrected chi connectivity index (χ3v) is 2.42. The van der Waals surface area contributed by atoms with E-state index in [9.17, 15) is 4.39 Å². The number of nitrogens with two attached hydrogens (primary N) is 1. The van der Waals surface area contributed by atoms with E-state index in [0.29, 0.717) is 0 Å². The maximum Gasteiger partial charge on any atom is 0.165 e. The number of hydrogen-bond donors (Lipinski definition) is 1. The van der Waals surface area contributed by atoms with Crippen LogP contribution in [-0.2, 0) is 0 Å². The summed E-state index contributed by atoms with van der Waals surface area (Å²) < 4.78 is 19.0. The molecule has 0 aliphatic carbocycles. The Morgan fingerprint density at radius 2 is 1.81 bits per heavy atom. The van der Waals surface area contributed by atoms with Crippen LogP contribution in [0.1, 0.15) is 39.3 Å². The highest BCUT2D eigenvalue weighted by molar-refractivity contribution is 5.31. The van der Waals surface area contributed by atoms with Crippen LogP contribution in [-0.4, -0.2) is 6.10 Å². The molecule has 0 aliphatic heterocycles. The lowest BCUT2D eigenvalue weighted by Gasteiger charge is -2.17. The smallest absolute Gasteiger partial charge is 0.165 e. The monoisotopic (exact) mass is 225 g/mol. The van der Waals surface area contributed by atoms with Crippen molar-refractivity contribution in [2.75, 3.05) is 0 Å². The van der Waals surface area contributed by atoms with Gasteiger partial charge in [-0.2, -0.15) is 0 Å². The molecule has 1 atom stereocenters. The zero-order valence-electron chi connectivity index (χ0n) is 10.3. The summed E-state index contributed by atoms with van der Waals surface area (Å²) in [5, 5.41) is 0. The Kier molecular flexibility index (Phi) is 4.30. The van der Waals surface area contributed by atoms with Gasteiger partial charge in [0.2, 0.25) is 0 Å². The van der Waals surface area contributed by atoms with Gasteiger partial charge in [-0.3, -0.25) is 0 Å². The van der Waals surface area contributed by atoms with Gasteiger partial charge < -0.3 is 10.5 Å². The maximum atomic E-state index is 13.7. The van der Waals surface area contributed by atoms with E-state index < -0.39 is 0 Å². The topological polar surface area (TPSA) is 35.2 Å². The molecule has 1 aromatic carbocycles. The third kappa shape index (κ3) is 3.20. The predicted octanol–water partition coefficient (Wildman–Crippen LogP) is 3.27. The maximum absolute atomic E-state index is 13.7.